The van der Waals surface area contributed by atoms with E-state index in [1.54, 1.807) is 37.3 Å². The number of nitrogens with one attached hydrogen (secondary N) is 10. The fourth-order valence-electron chi connectivity index (χ4n) is 12.6. The van der Waals surface area contributed by atoms with Crippen molar-refractivity contribution in [1.82, 2.24) is 62.5 Å². The number of benzene rings is 1. The number of nitrogens with two attached hydrogens (primary N) is 3. The Balaban J connectivity index is 0.0000161. The Morgan fingerprint density at radius 2 is 1.39 bits per heavy atom. The van der Waals surface area contributed by atoms with E-state index >= 15 is 0 Å². The first-order valence-corrected chi connectivity index (χ1v) is 34.6. The number of unbranched alkanes of at least 4 members (excludes halogenated alkanes) is 1. The second kappa shape index (κ2) is 37.4. The number of ketones is 2. The number of carbonyl (C=O) groups is 11. The van der Waals surface area contributed by atoms with Crippen LogP contribution in [0.4, 0.5) is 4.79 Å². The number of carbonyl (C=O) groups excluding carboxylic acids is 11. The van der Waals surface area contributed by atoms with Gasteiger partial charge in [0.25, 0.3) is 5.91 Å². The first kappa shape index (κ1) is 81.5. The van der Waals surface area contributed by atoms with E-state index in [9.17, 15) is 70.8 Å². The van der Waals surface area contributed by atoms with E-state index < -0.39 is 156 Å². The Morgan fingerprint density at radius 3 is 2.04 bits per heavy atom. The first-order chi connectivity index (χ1) is 47.4. The van der Waals surface area contributed by atoms with E-state index in [4.69, 9.17) is 31.9 Å². The second-order valence-electron chi connectivity index (χ2n) is 25.1. The second-order valence-corrected chi connectivity index (χ2v) is 26.7. The van der Waals surface area contributed by atoms with E-state index in [2.05, 4.69) is 57.5 Å². The summed E-state index contributed by atoms with van der Waals surface area (Å²) >= 11 is 0. The van der Waals surface area contributed by atoms with E-state index in [0.29, 0.717) is 62.4 Å². The van der Waals surface area contributed by atoms with Gasteiger partial charge in [-0.2, -0.15) is 0 Å². The van der Waals surface area contributed by atoms with Gasteiger partial charge in [-0.25, -0.2) is 13.2 Å². The predicted octanol–water partition coefficient (Wildman–Crippen LogP) is -1.89. The molecule has 9 atom stereocenters. The zero-order valence-corrected chi connectivity index (χ0v) is 61.8. The van der Waals surface area contributed by atoms with E-state index in [-0.39, 0.29) is 155 Å². The van der Waals surface area contributed by atoms with Crippen LogP contribution in [0.15, 0.2) is 53.5 Å². The van der Waals surface area contributed by atoms with Crippen LogP contribution >= 0.6 is 0 Å². The predicted molar refractivity (Wildman–Crippen MR) is 366 cm³/mol. The maximum absolute atomic E-state index is 14.5. The van der Waals surface area contributed by atoms with Gasteiger partial charge in [0.15, 0.2) is 17.5 Å². The third-order valence-electron chi connectivity index (χ3n) is 18.1. The molecular weight excluding hydrogens is 1360 g/mol. The van der Waals surface area contributed by atoms with Gasteiger partial charge in [-0.05, 0) is 101 Å². The SMILES string of the molecule is CC[C@H]1c2cc3[nH]c(c(CC(=O)OC)c4nc(cc5[nH]c(cc(n2)[C@@H]1C)c(C(C)=O)c5C)[C@@H](C)[C@@H]4CCC(=O)NCCCCC1NC(=O)NC(c2ccccc2)C(=O)NCC(C(N)=O)NC(=O)C(CO)CC(=O)CNC(=O)C(CCCN=C(N)N)NC1=O)c(C(=O)NCCS(=O)(=O)[O-])c3C.[K+]. The molecule has 34 heteroatoms. The zero-order valence-electron chi connectivity index (χ0n) is 57.9. The van der Waals surface area contributed by atoms with Crippen molar-refractivity contribution in [2.24, 2.45) is 28.1 Å². The molecule has 0 spiro atoms. The largest absolute Gasteiger partial charge is 1.00 e. The zero-order chi connectivity index (χ0) is 73.3. The number of esters is 1. The summed E-state index contributed by atoms with van der Waals surface area (Å²) in [4.78, 5) is 172. The molecule has 1 fully saturated rings. The van der Waals surface area contributed by atoms with Gasteiger partial charge >= 0.3 is 63.4 Å². The first-order valence-electron chi connectivity index (χ1n) is 33.0. The number of aliphatic imine (C=N–C) groups is 1. The maximum Gasteiger partial charge on any atom is 1.00 e. The molecule has 540 valence electrons. The summed E-state index contributed by atoms with van der Waals surface area (Å²) < 4.78 is 40.4. The summed E-state index contributed by atoms with van der Waals surface area (Å²) in [5, 5.41) is 30.6. The Bertz CT molecular complexity index is 4100. The smallest absolute Gasteiger partial charge is 0.748 e. The quantitative estimate of drug-likeness (QED) is 0.00734. The van der Waals surface area contributed by atoms with Crippen LogP contribution < -0.4 is 111 Å². The number of aliphatic hydroxyl groups is 1. The van der Waals surface area contributed by atoms with Gasteiger partial charge < -0.3 is 84.1 Å². The number of hydrogen-bond acceptors (Lipinski definition) is 19. The molecule has 1 saturated heterocycles. The molecule has 8 bridgehead atoms. The van der Waals surface area contributed by atoms with Crippen LogP contribution in [0.1, 0.15) is 181 Å². The molecule has 0 radical (unpaired) electrons. The van der Waals surface area contributed by atoms with Crippen LogP contribution in [-0.2, 0) is 59.6 Å². The number of ether oxygens (including phenoxy) is 1. The van der Waals surface area contributed by atoms with Crippen LogP contribution in [-0.4, -0.2) is 179 Å². The van der Waals surface area contributed by atoms with Crippen molar-refractivity contribution in [2.75, 3.05) is 52.2 Å². The number of primary amides is 1. The van der Waals surface area contributed by atoms with Crippen molar-refractivity contribution in [1.29, 1.82) is 0 Å². The molecular formula is C67H89KN16O16S. The monoisotopic (exact) mass is 1440 g/mol. The van der Waals surface area contributed by atoms with Crippen LogP contribution in [0.25, 0.3) is 22.1 Å². The van der Waals surface area contributed by atoms with E-state index in [0.717, 1.165) is 0 Å². The minimum Gasteiger partial charge on any atom is -0.748 e. The minimum atomic E-state index is -4.75. The third-order valence-corrected chi connectivity index (χ3v) is 18.8. The number of amides is 9. The van der Waals surface area contributed by atoms with Gasteiger partial charge in [-0.15, -0.1) is 0 Å². The molecule has 101 heavy (non-hydrogen) atoms. The van der Waals surface area contributed by atoms with Crippen LogP contribution in [0.5, 0.6) is 0 Å². The fraction of sp³-hybridized carbons (Fsp3) is 0.493. The van der Waals surface area contributed by atoms with Crippen LogP contribution in [0.3, 0.4) is 0 Å². The Kier molecular flexibility index (Phi) is 30.2. The Labute approximate surface area is 626 Å². The van der Waals surface area contributed by atoms with E-state index in [1.165, 1.54) is 26.2 Å². The number of fused-ring (bicyclic) bond motifs is 8. The van der Waals surface area contributed by atoms with Crippen molar-refractivity contribution < 1.29 is 127 Å². The van der Waals surface area contributed by atoms with Crippen molar-refractivity contribution >= 4 is 103 Å². The molecule has 7 rings (SSSR count). The summed E-state index contributed by atoms with van der Waals surface area (Å²) in [5.74, 6) is -11.5. The Morgan fingerprint density at radius 1 is 0.743 bits per heavy atom. The van der Waals surface area contributed by atoms with Crippen molar-refractivity contribution in [2.45, 2.75) is 154 Å². The standard InChI is InChI=1S/C67H90N16O16S.K/c1-8-41-33(2)46-29-51-55(37(6)85)35(4)48(77-51)27-47-34(3)42(58(78-47)43(26-54(88)99-7)59-56(64(93)72-23-24-100(96,97)98)36(5)49(79-59)28-50(41)76-46)19-20-53(87)71-21-13-12-17-45-63(92)80-44(18-14-22-73-66(69)70)62(91)74-30-40(86)25-39(32-84)61(90)81-52(60(68)89)31-75-65(94)57(83-67(95)82-45)38-15-10-9-11-16-38;/h9-11,15-16,27-29,33-34,39,41-42,44-45,52,57,77,79,84H,8,12-14,17-26,30-32H2,1-7H3,(H2,68,89)(H,71,87)(H,72,93)(H,74,91)(H,75,94)(H,80,92)(H,81,90)(H4,69,70,73)(H2,82,83,95)(H,96,97,98);/q;+1/p-1/t33-,34+,39?,41-,42+,44?,45?,52?,57?;/m1./s1. The summed E-state index contributed by atoms with van der Waals surface area (Å²) in [6.45, 7) is 8.29. The molecule has 4 aromatic rings. The molecule has 9 amide bonds. The molecule has 5 unspecified atom stereocenters. The molecule has 32 nitrogen and oxygen atoms in total. The van der Waals surface area contributed by atoms with Crippen molar-refractivity contribution in [3.05, 3.63) is 105 Å². The van der Waals surface area contributed by atoms with Crippen molar-refractivity contribution in [3.63, 3.8) is 0 Å². The average molecular weight is 1450 g/mol. The number of guanidine groups is 1. The van der Waals surface area contributed by atoms with Gasteiger partial charge in [0.2, 0.25) is 35.4 Å². The number of aromatic nitrogens is 4. The molecule has 1 aromatic carbocycles. The summed E-state index contributed by atoms with van der Waals surface area (Å²) in [6.07, 6.45) is -0.163. The molecule has 3 aliphatic rings. The normalized spacial score (nSPS) is 21.0. The molecule has 3 aliphatic heterocycles. The number of Topliss-reactive ketones (excluding diaryl/α,β-unsaturated/α-hetero) is 2. The van der Waals surface area contributed by atoms with Crippen LogP contribution in [0.2, 0.25) is 0 Å². The van der Waals surface area contributed by atoms with Gasteiger partial charge in [0, 0.05) is 102 Å². The summed E-state index contributed by atoms with van der Waals surface area (Å²) in [7, 11) is -3.56. The number of methoxy groups -OCH3 is 1. The van der Waals surface area contributed by atoms with Gasteiger partial charge in [-0.3, -0.25) is 62.9 Å². The fourth-order valence-corrected chi connectivity index (χ4v) is 13.0. The minimum absolute atomic E-state index is 0. The molecule has 0 saturated carbocycles. The number of aromatic amines is 2. The number of urea groups is 1. The number of rotatable bonds is 23. The molecule has 3 aromatic heterocycles. The maximum atomic E-state index is 14.5. The average Bonchev–Trinajstić information content (AvgIpc) is 1.60. The molecule has 17 N–H and O–H groups in total. The number of H-pyrrole nitrogens is 2. The van der Waals surface area contributed by atoms with Crippen LogP contribution in [0, 0.1) is 19.8 Å². The Hall–Kier alpha value is -8.51. The van der Waals surface area contributed by atoms with Gasteiger partial charge in [0.1, 0.15) is 24.2 Å². The number of aliphatic hydroxyl groups excluding tert-OH is 1. The number of hydrogen-bond donors (Lipinski definition) is 14. The molecule has 6 heterocycles. The molecule has 0 aliphatic carbocycles. The topological polar surface area (TPSA) is 518 Å². The third kappa shape index (κ3) is 22.0. The summed E-state index contributed by atoms with van der Waals surface area (Å²) in [5.41, 5.74) is 22.4. The van der Waals surface area contributed by atoms with Gasteiger partial charge in [0.05, 0.1) is 70.8 Å². The van der Waals surface area contributed by atoms with Gasteiger partial charge in [-0.1, -0.05) is 51.1 Å². The van der Waals surface area contributed by atoms with E-state index in [1.807, 2.05) is 33.8 Å². The number of nitrogens with zero attached hydrogens (tertiary/aromatic N) is 3. The number of aryl methyl sites for hydroxylation is 2. The van der Waals surface area contributed by atoms with Crippen molar-refractivity contribution in [3.8, 4) is 0 Å². The summed E-state index contributed by atoms with van der Waals surface area (Å²) in [6, 6.07) is 6.42.